The van der Waals surface area contributed by atoms with Crippen LogP contribution in [0.5, 0.6) is 0 Å². The van der Waals surface area contributed by atoms with Crippen LogP contribution in [-0.4, -0.2) is 11.2 Å². The summed E-state index contributed by atoms with van der Waals surface area (Å²) >= 11 is 0. The lowest BCUT2D eigenvalue weighted by atomic mass is 9.86. The Morgan fingerprint density at radius 3 is 3.00 bits per heavy atom. The SMILES string of the molecule is CCCCC#CC12CC1CCCC2O. The molecule has 14 heavy (non-hydrogen) atoms. The number of hydrogen-bond acceptors (Lipinski definition) is 1. The van der Waals surface area contributed by atoms with E-state index < -0.39 is 0 Å². The highest BCUT2D eigenvalue weighted by atomic mass is 16.3. The summed E-state index contributed by atoms with van der Waals surface area (Å²) in [5, 5.41) is 9.92. The quantitative estimate of drug-likeness (QED) is 0.527. The van der Waals surface area contributed by atoms with Crippen molar-refractivity contribution in [3.63, 3.8) is 0 Å². The van der Waals surface area contributed by atoms with E-state index >= 15 is 0 Å². The summed E-state index contributed by atoms with van der Waals surface area (Å²) < 4.78 is 0. The van der Waals surface area contributed by atoms with Gasteiger partial charge in [-0.2, -0.15) is 0 Å². The summed E-state index contributed by atoms with van der Waals surface area (Å²) in [6, 6.07) is 0. The monoisotopic (exact) mass is 192 g/mol. The Morgan fingerprint density at radius 2 is 2.29 bits per heavy atom. The van der Waals surface area contributed by atoms with Crippen LogP contribution in [0.1, 0.15) is 51.9 Å². The van der Waals surface area contributed by atoms with E-state index in [-0.39, 0.29) is 11.5 Å². The predicted molar refractivity (Wildman–Crippen MR) is 57.7 cm³/mol. The second-order valence-corrected chi connectivity index (χ2v) is 4.79. The largest absolute Gasteiger partial charge is 0.392 e. The zero-order valence-corrected chi connectivity index (χ0v) is 9.05. The molecule has 1 nitrogen and oxygen atoms in total. The van der Waals surface area contributed by atoms with Crippen molar-refractivity contribution in [2.24, 2.45) is 11.3 Å². The maximum absolute atomic E-state index is 9.92. The van der Waals surface area contributed by atoms with Crippen molar-refractivity contribution in [1.82, 2.24) is 0 Å². The first kappa shape index (κ1) is 10.1. The van der Waals surface area contributed by atoms with Crippen LogP contribution in [0.3, 0.4) is 0 Å². The van der Waals surface area contributed by atoms with Crippen LogP contribution in [0.4, 0.5) is 0 Å². The standard InChI is InChI=1S/C13H20O/c1-2-3-4-5-9-13-10-11(13)7-6-8-12(13)14/h11-12,14H,2-4,6-8,10H2,1H3. The molecule has 2 aliphatic carbocycles. The fraction of sp³-hybridized carbons (Fsp3) is 0.846. The van der Waals surface area contributed by atoms with Crippen molar-refractivity contribution < 1.29 is 5.11 Å². The molecule has 2 rings (SSSR count). The third-order valence-corrected chi connectivity index (χ3v) is 3.75. The zero-order valence-electron chi connectivity index (χ0n) is 9.05. The Hall–Kier alpha value is -0.480. The minimum absolute atomic E-state index is 0.0476. The Bertz CT molecular complexity index is 260. The van der Waals surface area contributed by atoms with Crippen LogP contribution in [0, 0.1) is 23.2 Å². The first-order valence-electron chi connectivity index (χ1n) is 5.97. The molecule has 78 valence electrons. The summed E-state index contributed by atoms with van der Waals surface area (Å²) in [6.45, 7) is 2.19. The second kappa shape index (κ2) is 3.95. The molecule has 0 bridgehead atoms. The van der Waals surface area contributed by atoms with Gasteiger partial charge in [-0.15, -0.1) is 5.92 Å². The molecule has 0 aromatic carbocycles. The molecule has 0 saturated heterocycles. The Morgan fingerprint density at radius 1 is 1.43 bits per heavy atom. The van der Waals surface area contributed by atoms with Gasteiger partial charge in [0.2, 0.25) is 0 Å². The summed E-state index contributed by atoms with van der Waals surface area (Å²) in [5.74, 6) is 7.34. The number of rotatable bonds is 2. The highest BCUT2D eigenvalue weighted by Gasteiger charge is 2.59. The van der Waals surface area contributed by atoms with Gasteiger partial charge in [-0.3, -0.25) is 0 Å². The van der Waals surface area contributed by atoms with E-state index in [4.69, 9.17) is 0 Å². The average Bonchev–Trinajstić information content (AvgIpc) is 2.89. The number of unbranched alkanes of at least 4 members (excludes halogenated alkanes) is 2. The molecule has 0 aromatic rings. The van der Waals surface area contributed by atoms with Gasteiger partial charge in [-0.1, -0.05) is 25.7 Å². The summed E-state index contributed by atoms with van der Waals surface area (Å²) in [6.07, 6.45) is 7.92. The second-order valence-electron chi connectivity index (χ2n) is 4.79. The van der Waals surface area contributed by atoms with Crippen molar-refractivity contribution in [3.8, 4) is 11.8 Å². The minimum atomic E-state index is -0.129. The van der Waals surface area contributed by atoms with E-state index in [2.05, 4.69) is 18.8 Å². The van der Waals surface area contributed by atoms with E-state index in [1.54, 1.807) is 0 Å². The van der Waals surface area contributed by atoms with Crippen LogP contribution in [0.15, 0.2) is 0 Å². The van der Waals surface area contributed by atoms with Gasteiger partial charge in [0.1, 0.15) is 0 Å². The predicted octanol–water partition coefficient (Wildman–Crippen LogP) is 2.73. The molecule has 1 heteroatoms. The van der Waals surface area contributed by atoms with Gasteiger partial charge in [-0.05, 0) is 31.6 Å². The van der Waals surface area contributed by atoms with Gasteiger partial charge in [0.15, 0.2) is 0 Å². The molecule has 0 heterocycles. The van der Waals surface area contributed by atoms with Crippen LogP contribution < -0.4 is 0 Å². The third-order valence-electron chi connectivity index (χ3n) is 3.75. The number of aliphatic hydroxyl groups is 1. The third kappa shape index (κ3) is 1.68. The van der Waals surface area contributed by atoms with Crippen molar-refractivity contribution in [3.05, 3.63) is 0 Å². The molecule has 2 saturated carbocycles. The Labute approximate surface area is 86.9 Å². The summed E-state index contributed by atoms with van der Waals surface area (Å²) in [5.41, 5.74) is 0.0476. The van der Waals surface area contributed by atoms with Gasteiger partial charge >= 0.3 is 0 Å². The van der Waals surface area contributed by atoms with Crippen molar-refractivity contribution in [1.29, 1.82) is 0 Å². The molecule has 2 aliphatic rings. The minimum Gasteiger partial charge on any atom is -0.392 e. The molecule has 2 fully saturated rings. The summed E-state index contributed by atoms with van der Waals surface area (Å²) in [4.78, 5) is 0. The maximum atomic E-state index is 9.92. The fourth-order valence-corrected chi connectivity index (χ4v) is 2.66. The average molecular weight is 192 g/mol. The van der Waals surface area contributed by atoms with Gasteiger partial charge in [0.25, 0.3) is 0 Å². The molecule has 1 N–H and O–H groups in total. The number of fused-ring (bicyclic) bond motifs is 1. The number of aliphatic hydroxyl groups excluding tert-OH is 1. The maximum Gasteiger partial charge on any atom is 0.0708 e. The highest BCUT2D eigenvalue weighted by molar-refractivity contribution is 5.27. The molecule has 0 radical (unpaired) electrons. The molecule has 3 unspecified atom stereocenters. The van der Waals surface area contributed by atoms with Gasteiger partial charge in [-0.25, -0.2) is 0 Å². The van der Waals surface area contributed by atoms with Crippen molar-refractivity contribution in [2.45, 2.75) is 58.0 Å². The van der Waals surface area contributed by atoms with E-state index in [1.807, 2.05) is 0 Å². The first-order valence-corrected chi connectivity index (χ1v) is 5.97. The Kier molecular flexibility index (Phi) is 2.83. The van der Waals surface area contributed by atoms with Crippen molar-refractivity contribution >= 4 is 0 Å². The lowest BCUT2D eigenvalue weighted by Crippen LogP contribution is -2.25. The molecule has 0 aliphatic heterocycles. The highest BCUT2D eigenvalue weighted by Crippen LogP contribution is 2.60. The Balaban J connectivity index is 1.92. The van der Waals surface area contributed by atoms with E-state index in [0.29, 0.717) is 0 Å². The van der Waals surface area contributed by atoms with Crippen LogP contribution in [-0.2, 0) is 0 Å². The van der Waals surface area contributed by atoms with Gasteiger partial charge < -0.3 is 5.11 Å². The van der Waals surface area contributed by atoms with E-state index in [0.717, 1.165) is 25.2 Å². The summed E-state index contributed by atoms with van der Waals surface area (Å²) in [7, 11) is 0. The van der Waals surface area contributed by atoms with Crippen molar-refractivity contribution in [2.75, 3.05) is 0 Å². The van der Waals surface area contributed by atoms with Gasteiger partial charge in [0.05, 0.1) is 11.5 Å². The fourth-order valence-electron chi connectivity index (χ4n) is 2.66. The first-order chi connectivity index (χ1) is 6.79. The number of hydrogen-bond donors (Lipinski definition) is 1. The lowest BCUT2D eigenvalue weighted by Gasteiger charge is -2.23. The molecule has 0 spiro atoms. The molecule has 0 amide bonds. The molecule has 3 atom stereocenters. The smallest absolute Gasteiger partial charge is 0.0708 e. The lowest BCUT2D eigenvalue weighted by molar-refractivity contribution is 0.0848. The molecule has 0 aromatic heterocycles. The van der Waals surface area contributed by atoms with Crippen LogP contribution >= 0.6 is 0 Å². The topological polar surface area (TPSA) is 20.2 Å². The van der Waals surface area contributed by atoms with Crippen LogP contribution in [0.25, 0.3) is 0 Å². The molecular formula is C13H20O. The van der Waals surface area contributed by atoms with E-state index in [9.17, 15) is 5.11 Å². The molecular weight excluding hydrogens is 172 g/mol. The van der Waals surface area contributed by atoms with Crippen LogP contribution in [0.2, 0.25) is 0 Å². The van der Waals surface area contributed by atoms with E-state index in [1.165, 1.54) is 25.7 Å². The normalized spacial score (nSPS) is 39.6. The zero-order chi connectivity index (χ0) is 10.0. The van der Waals surface area contributed by atoms with Gasteiger partial charge in [0, 0.05) is 6.42 Å².